The van der Waals surface area contributed by atoms with Crippen molar-refractivity contribution in [2.45, 2.75) is 50.9 Å². The van der Waals surface area contributed by atoms with Crippen LogP contribution in [0.2, 0.25) is 0 Å². The van der Waals surface area contributed by atoms with Gasteiger partial charge >= 0.3 is 0 Å². The van der Waals surface area contributed by atoms with Gasteiger partial charge < -0.3 is 5.32 Å². The third-order valence-corrected chi connectivity index (χ3v) is 4.69. The molecule has 0 radical (unpaired) electrons. The van der Waals surface area contributed by atoms with Crippen molar-refractivity contribution in [1.29, 1.82) is 0 Å². The maximum Gasteiger partial charge on any atom is 0.229 e. The van der Waals surface area contributed by atoms with Gasteiger partial charge in [0.1, 0.15) is 0 Å². The molecule has 0 unspecified atom stereocenters. The average Bonchev–Trinajstić information content (AvgIpc) is 2.90. The van der Waals surface area contributed by atoms with Crippen molar-refractivity contribution in [1.82, 2.24) is 20.1 Å². The summed E-state index contributed by atoms with van der Waals surface area (Å²) >= 11 is 0. The van der Waals surface area contributed by atoms with Crippen LogP contribution in [0.5, 0.6) is 0 Å². The van der Waals surface area contributed by atoms with Gasteiger partial charge in [0.2, 0.25) is 11.9 Å². The highest BCUT2D eigenvalue weighted by atomic mass is 35.5. The number of hydrogen-bond donors (Lipinski definition) is 2. The van der Waals surface area contributed by atoms with Gasteiger partial charge in [-0.3, -0.25) is 10.1 Å². The lowest BCUT2D eigenvalue weighted by Crippen LogP contribution is -2.27. The van der Waals surface area contributed by atoms with Crippen LogP contribution in [0.25, 0.3) is 0 Å². The number of piperidine rings is 1. The Kier molecular flexibility index (Phi) is 6.20. The Bertz CT molecular complexity index is 492. The minimum Gasteiger partial charge on any atom is -0.317 e. The quantitative estimate of drug-likeness (QED) is 0.893. The van der Waals surface area contributed by atoms with Crippen LogP contribution in [-0.4, -0.2) is 33.8 Å². The van der Waals surface area contributed by atoms with Crippen LogP contribution in [0, 0.1) is 5.92 Å². The summed E-state index contributed by atoms with van der Waals surface area (Å²) in [6, 6.07) is 0. The maximum atomic E-state index is 12.3. The van der Waals surface area contributed by atoms with E-state index >= 15 is 0 Å². The number of aromatic nitrogens is 3. The number of anilines is 1. The Balaban J connectivity index is 0.00000176. The Labute approximate surface area is 137 Å². The summed E-state index contributed by atoms with van der Waals surface area (Å²) < 4.78 is 1.71. The van der Waals surface area contributed by atoms with Gasteiger partial charge in [0.05, 0.1) is 0 Å². The molecule has 1 saturated carbocycles. The first kappa shape index (κ1) is 17.2. The number of nitrogens with one attached hydrogen (secondary N) is 2. The van der Waals surface area contributed by atoms with Crippen LogP contribution in [0.4, 0.5) is 5.95 Å². The fourth-order valence-electron chi connectivity index (χ4n) is 3.34. The predicted octanol–water partition coefficient (Wildman–Crippen LogP) is 2.22. The molecule has 7 heteroatoms. The number of amides is 1. The second-order valence-electron chi connectivity index (χ2n) is 6.27. The van der Waals surface area contributed by atoms with Crippen LogP contribution < -0.4 is 10.6 Å². The second kappa shape index (κ2) is 7.92. The molecule has 0 aromatic carbocycles. The van der Waals surface area contributed by atoms with Crippen LogP contribution in [0.3, 0.4) is 0 Å². The van der Waals surface area contributed by atoms with Gasteiger partial charge in [-0.2, -0.15) is 10.1 Å². The molecule has 0 bridgehead atoms. The van der Waals surface area contributed by atoms with Crippen molar-refractivity contribution in [2.75, 3.05) is 18.4 Å². The molecule has 3 rings (SSSR count). The summed E-state index contributed by atoms with van der Waals surface area (Å²) in [5.74, 6) is 2.15. The molecule has 2 aliphatic rings. The average molecular weight is 328 g/mol. The largest absolute Gasteiger partial charge is 0.317 e. The molecule has 1 aromatic rings. The predicted molar refractivity (Wildman–Crippen MR) is 88.3 cm³/mol. The van der Waals surface area contributed by atoms with Crippen molar-refractivity contribution in [3.63, 3.8) is 0 Å². The lowest BCUT2D eigenvalue weighted by atomic mass is 9.89. The summed E-state index contributed by atoms with van der Waals surface area (Å²) in [6.07, 6.45) is 7.73. The Morgan fingerprint density at radius 1 is 1.18 bits per heavy atom. The molecule has 1 aliphatic carbocycles. The van der Waals surface area contributed by atoms with Crippen molar-refractivity contribution >= 4 is 24.3 Å². The summed E-state index contributed by atoms with van der Waals surface area (Å²) in [7, 11) is 1.86. The number of carbonyl (C=O) groups excluding carboxylic acids is 1. The fourth-order valence-corrected chi connectivity index (χ4v) is 3.34. The first-order valence-electron chi connectivity index (χ1n) is 8.16. The third kappa shape index (κ3) is 3.98. The van der Waals surface area contributed by atoms with E-state index in [2.05, 4.69) is 20.7 Å². The molecule has 1 aliphatic heterocycles. The standard InChI is InChI=1S/C15H25N5O.ClH/c1-20-15(18-14(21)12-5-3-2-4-6-12)17-13(19-20)11-7-9-16-10-8-11;/h11-12,16H,2-10H2,1H3,(H,17,18,19,21);1H. The summed E-state index contributed by atoms with van der Waals surface area (Å²) in [5, 5.41) is 10.8. The zero-order valence-corrected chi connectivity index (χ0v) is 14.0. The molecule has 2 fully saturated rings. The normalized spacial score (nSPS) is 20.4. The topological polar surface area (TPSA) is 71.8 Å². The van der Waals surface area contributed by atoms with E-state index in [1.165, 1.54) is 6.42 Å². The molecule has 1 aromatic heterocycles. The van der Waals surface area contributed by atoms with Crippen molar-refractivity contribution < 1.29 is 4.79 Å². The molecular weight excluding hydrogens is 302 g/mol. The van der Waals surface area contributed by atoms with Crippen LogP contribution in [0.15, 0.2) is 0 Å². The summed E-state index contributed by atoms with van der Waals surface area (Å²) in [4.78, 5) is 16.9. The zero-order chi connectivity index (χ0) is 14.7. The van der Waals surface area contributed by atoms with E-state index in [0.717, 1.165) is 57.4 Å². The molecule has 2 N–H and O–H groups in total. The van der Waals surface area contributed by atoms with Gasteiger partial charge in [0, 0.05) is 18.9 Å². The lowest BCUT2D eigenvalue weighted by molar-refractivity contribution is -0.120. The van der Waals surface area contributed by atoms with Crippen LogP contribution in [0.1, 0.15) is 56.7 Å². The fraction of sp³-hybridized carbons (Fsp3) is 0.800. The van der Waals surface area contributed by atoms with E-state index in [0.29, 0.717) is 11.9 Å². The molecular formula is C15H26ClN5O. The minimum absolute atomic E-state index is 0. The Morgan fingerprint density at radius 2 is 1.86 bits per heavy atom. The maximum absolute atomic E-state index is 12.3. The van der Waals surface area contributed by atoms with E-state index in [-0.39, 0.29) is 24.2 Å². The van der Waals surface area contributed by atoms with Gasteiger partial charge in [0.15, 0.2) is 5.82 Å². The highest BCUT2D eigenvalue weighted by Crippen LogP contribution is 2.26. The number of aryl methyl sites for hydroxylation is 1. The number of carbonyl (C=O) groups is 1. The molecule has 124 valence electrons. The van der Waals surface area contributed by atoms with Gasteiger partial charge in [0.25, 0.3) is 0 Å². The Morgan fingerprint density at radius 3 is 2.55 bits per heavy atom. The van der Waals surface area contributed by atoms with Gasteiger partial charge in [-0.1, -0.05) is 19.3 Å². The highest BCUT2D eigenvalue weighted by Gasteiger charge is 2.24. The third-order valence-electron chi connectivity index (χ3n) is 4.69. The molecule has 22 heavy (non-hydrogen) atoms. The van der Waals surface area contributed by atoms with E-state index in [1.54, 1.807) is 4.68 Å². The van der Waals surface area contributed by atoms with E-state index in [4.69, 9.17) is 0 Å². The van der Waals surface area contributed by atoms with Crippen molar-refractivity contribution in [3.05, 3.63) is 5.82 Å². The highest BCUT2D eigenvalue weighted by molar-refractivity contribution is 5.91. The van der Waals surface area contributed by atoms with Crippen LogP contribution >= 0.6 is 12.4 Å². The number of halogens is 1. The van der Waals surface area contributed by atoms with Crippen LogP contribution in [-0.2, 0) is 11.8 Å². The smallest absolute Gasteiger partial charge is 0.229 e. The molecule has 2 heterocycles. The van der Waals surface area contributed by atoms with Gasteiger partial charge in [-0.05, 0) is 38.8 Å². The molecule has 0 spiro atoms. The second-order valence-corrected chi connectivity index (χ2v) is 6.27. The summed E-state index contributed by atoms with van der Waals surface area (Å²) in [6.45, 7) is 2.04. The minimum atomic E-state index is 0. The molecule has 1 saturated heterocycles. The first-order chi connectivity index (χ1) is 10.2. The van der Waals surface area contributed by atoms with E-state index in [1.807, 2.05) is 7.05 Å². The molecule has 6 nitrogen and oxygen atoms in total. The monoisotopic (exact) mass is 327 g/mol. The van der Waals surface area contributed by atoms with E-state index in [9.17, 15) is 4.79 Å². The van der Waals surface area contributed by atoms with Crippen molar-refractivity contribution in [3.8, 4) is 0 Å². The first-order valence-corrected chi connectivity index (χ1v) is 8.16. The SMILES string of the molecule is Cl.Cn1nc(C2CCNCC2)nc1NC(=O)C1CCCCC1. The van der Waals surface area contributed by atoms with E-state index < -0.39 is 0 Å². The Hall–Kier alpha value is -1.14. The lowest BCUT2D eigenvalue weighted by Gasteiger charge is -2.20. The molecule has 1 amide bonds. The van der Waals surface area contributed by atoms with Gasteiger partial charge in [-0.25, -0.2) is 4.68 Å². The zero-order valence-electron chi connectivity index (χ0n) is 13.2. The van der Waals surface area contributed by atoms with Gasteiger partial charge in [-0.15, -0.1) is 12.4 Å². The number of hydrogen-bond acceptors (Lipinski definition) is 4. The summed E-state index contributed by atoms with van der Waals surface area (Å²) in [5.41, 5.74) is 0. The number of nitrogens with zero attached hydrogens (tertiary/aromatic N) is 3. The molecule has 0 atom stereocenters. The number of rotatable bonds is 3. The van der Waals surface area contributed by atoms with Crippen molar-refractivity contribution in [2.24, 2.45) is 13.0 Å².